The Morgan fingerprint density at radius 3 is 2.36 bits per heavy atom. The van der Waals surface area contributed by atoms with Crippen LogP contribution in [-0.2, 0) is 5.60 Å². The summed E-state index contributed by atoms with van der Waals surface area (Å²) in [6.45, 7) is 6.98. The molecule has 0 bridgehead atoms. The molecule has 0 unspecified atom stereocenters. The zero-order valence-electron chi connectivity index (χ0n) is 8.59. The van der Waals surface area contributed by atoms with Crippen LogP contribution < -0.4 is 22.1 Å². The van der Waals surface area contributed by atoms with E-state index < -0.39 is 5.60 Å². The molecule has 14 heavy (non-hydrogen) atoms. The van der Waals surface area contributed by atoms with Crippen molar-refractivity contribution in [3.63, 3.8) is 0 Å². The fourth-order valence-corrected chi connectivity index (χ4v) is 1.04. The largest absolute Gasteiger partial charge is 2.00 e. The second-order valence-electron chi connectivity index (χ2n) is 3.34. The van der Waals surface area contributed by atoms with Crippen LogP contribution in [0, 0.1) is 0 Å². The van der Waals surface area contributed by atoms with Gasteiger partial charge in [-0.2, -0.15) is 0 Å². The maximum atomic E-state index is 11.5. The Kier molecular flexibility index (Phi) is 7.84. The predicted octanol–water partition coefficient (Wildman–Crippen LogP) is -1.45. The minimum Gasteiger partial charge on any atom is -1.00 e. The van der Waals surface area contributed by atoms with Crippen molar-refractivity contribution in [2.45, 2.75) is 19.4 Å². The molecule has 3 heteroatoms. The van der Waals surface area contributed by atoms with E-state index in [0.29, 0.717) is 0 Å². The van der Waals surface area contributed by atoms with Crippen molar-refractivity contribution < 1.29 is 22.1 Å². The van der Waals surface area contributed by atoms with Crippen LogP contribution in [0.1, 0.15) is 25.0 Å². The quantitative estimate of drug-likeness (QED) is 0.600. The molecule has 1 rings (SSSR count). The summed E-state index contributed by atoms with van der Waals surface area (Å²) in [6.07, 6.45) is 1.75. The number of halogens is 1. The summed E-state index contributed by atoms with van der Waals surface area (Å²) in [5, 5.41) is 11.5. The van der Waals surface area contributed by atoms with Crippen molar-refractivity contribution >= 4 is 29.1 Å². The van der Waals surface area contributed by atoms with Crippen LogP contribution in [0.4, 0.5) is 0 Å². The monoisotopic (exact) mass is 264 g/mol. The number of rotatable bonds is 2. The van der Waals surface area contributed by atoms with Gasteiger partial charge in [-0.25, -0.2) is 0 Å². The molecule has 0 aromatic heterocycles. The Morgan fingerprint density at radius 1 is 1.36 bits per heavy atom. The van der Waals surface area contributed by atoms with Crippen molar-refractivity contribution in [3.05, 3.63) is 42.0 Å². The topological polar surface area (TPSA) is 23.1 Å². The fourth-order valence-electron chi connectivity index (χ4n) is 1.04. The molecule has 0 fully saturated rings. The molecular formula is C11H13BrMgO. The van der Waals surface area contributed by atoms with E-state index in [1.54, 1.807) is 19.9 Å². The Bertz CT molecular complexity index is 292. The van der Waals surface area contributed by atoms with Gasteiger partial charge in [-0.15, -0.1) is 0 Å². The minimum atomic E-state index is -1.01. The third-order valence-corrected chi connectivity index (χ3v) is 1.82. The van der Waals surface area contributed by atoms with Crippen LogP contribution in [-0.4, -0.2) is 23.1 Å². The molecule has 72 valence electrons. The van der Waals surface area contributed by atoms with Crippen molar-refractivity contribution in [1.29, 1.82) is 0 Å². The fraction of sp³-hybridized carbons (Fsp3) is 0.273. The first-order chi connectivity index (χ1) is 5.54. The Hall–Kier alpha value is 0.166. The molecule has 0 amide bonds. The van der Waals surface area contributed by atoms with E-state index in [2.05, 4.69) is 6.58 Å². The van der Waals surface area contributed by atoms with Crippen LogP contribution in [0.5, 0.6) is 0 Å². The molecular weight excluding hydrogens is 252 g/mol. The van der Waals surface area contributed by atoms with Gasteiger partial charge in [-0.1, -0.05) is 61.9 Å². The summed E-state index contributed by atoms with van der Waals surface area (Å²) in [5.41, 5.74) is 0.787. The number of hydrogen-bond donors (Lipinski definition) is 0. The van der Waals surface area contributed by atoms with E-state index in [1.807, 2.05) is 24.3 Å². The van der Waals surface area contributed by atoms with Crippen LogP contribution in [0.25, 0.3) is 6.08 Å². The third kappa shape index (κ3) is 4.60. The molecule has 0 saturated carbocycles. The van der Waals surface area contributed by atoms with Crippen molar-refractivity contribution in [2.24, 2.45) is 0 Å². The molecule has 0 radical (unpaired) electrons. The molecule has 0 saturated heterocycles. The summed E-state index contributed by atoms with van der Waals surface area (Å²) in [4.78, 5) is 0. The molecule has 1 aromatic carbocycles. The molecule has 0 N–H and O–H groups in total. The zero-order valence-corrected chi connectivity index (χ0v) is 11.6. The van der Waals surface area contributed by atoms with Crippen LogP contribution >= 0.6 is 0 Å². The number of hydrogen-bond acceptors (Lipinski definition) is 1. The zero-order chi connectivity index (χ0) is 9.19. The van der Waals surface area contributed by atoms with Gasteiger partial charge < -0.3 is 22.1 Å². The van der Waals surface area contributed by atoms with E-state index in [4.69, 9.17) is 0 Å². The average Bonchev–Trinajstić information content (AvgIpc) is 2.03. The van der Waals surface area contributed by atoms with Crippen LogP contribution in [0.3, 0.4) is 0 Å². The summed E-state index contributed by atoms with van der Waals surface area (Å²) < 4.78 is 0. The Morgan fingerprint density at radius 2 is 1.93 bits per heavy atom. The average molecular weight is 265 g/mol. The molecule has 1 nitrogen and oxygen atoms in total. The first kappa shape index (κ1) is 16.6. The smallest absolute Gasteiger partial charge is 1.00 e. The first-order valence-electron chi connectivity index (χ1n) is 3.97. The number of benzene rings is 1. The molecule has 1 aromatic rings. The van der Waals surface area contributed by atoms with Gasteiger partial charge in [0.15, 0.2) is 0 Å². The molecule has 0 heterocycles. The summed E-state index contributed by atoms with van der Waals surface area (Å²) in [5.74, 6) is 0. The molecule has 0 atom stereocenters. The predicted molar refractivity (Wildman–Crippen MR) is 55.3 cm³/mol. The van der Waals surface area contributed by atoms with Gasteiger partial charge in [0.05, 0.1) is 0 Å². The van der Waals surface area contributed by atoms with Gasteiger partial charge in [-0.3, -0.25) is 0 Å². The molecule has 0 spiro atoms. The molecule has 0 aliphatic rings. The van der Waals surface area contributed by atoms with E-state index >= 15 is 0 Å². The molecule has 0 aliphatic heterocycles. The Labute approximate surface area is 112 Å². The second-order valence-corrected chi connectivity index (χ2v) is 3.34. The van der Waals surface area contributed by atoms with E-state index in [0.717, 1.165) is 11.1 Å². The minimum absolute atomic E-state index is 0. The van der Waals surface area contributed by atoms with E-state index in [1.165, 1.54) is 0 Å². The van der Waals surface area contributed by atoms with E-state index in [-0.39, 0.29) is 40.0 Å². The van der Waals surface area contributed by atoms with E-state index in [9.17, 15) is 5.11 Å². The SMILES string of the molecule is C=Cc1cccc(C(C)(C)[O-])c1.[Br-].[Mg+2]. The third-order valence-electron chi connectivity index (χ3n) is 1.82. The Balaban J connectivity index is 0. The summed E-state index contributed by atoms with van der Waals surface area (Å²) in [7, 11) is 0. The van der Waals surface area contributed by atoms with Gasteiger partial charge in [0, 0.05) is 0 Å². The van der Waals surface area contributed by atoms with Gasteiger partial charge in [0.25, 0.3) is 0 Å². The maximum absolute atomic E-state index is 11.5. The van der Waals surface area contributed by atoms with Crippen molar-refractivity contribution in [2.75, 3.05) is 0 Å². The van der Waals surface area contributed by atoms with Crippen molar-refractivity contribution in [1.82, 2.24) is 0 Å². The normalized spacial score (nSPS) is 9.64. The summed E-state index contributed by atoms with van der Waals surface area (Å²) in [6, 6.07) is 7.54. The first-order valence-corrected chi connectivity index (χ1v) is 3.97. The van der Waals surface area contributed by atoms with Gasteiger partial charge in [0.1, 0.15) is 0 Å². The second kappa shape index (κ2) is 6.61. The van der Waals surface area contributed by atoms with Gasteiger partial charge in [-0.05, 0) is 5.56 Å². The van der Waals surface area contributed by atoms with Gasteiger partial charge >= 0.3 is 23.1 Å². The standard InChI is InChI=1S/C11H13O.BrH.Mg/c1-4-9-6-5-7-10(8-9)11(2,3)12;;/h4-8H,1H2,2-3H3;1H;/q-1;;+2/p-1. The maximum Gasteiger partial charge on any atom is 2.00 e. The van der Waals surface area contributed by atoms with Crippen LogP contribution in [0.2, 0.25) is 0 Å². The summed E-state index contributed by atoms with van der Waals surface area (Å²) >= 11 is 0. The molecule has 0 aliphatic carbocycles. The van der Waals surface area contributed by atoms with Crippen LogP contribution in [0.15, 0.2) is 30.8 Å². The van der Waals surface area contributed by atoms with Crippen molar-refractivity contribution in [3.8, 4) is 0 Å². The van der Waals surface area contributed by atoms with Gasteiger partial charge in [0.2, 0.25) is 0 Å².